The maximum atomic E-state index is 8.60. The summed E-state index contributed by atoms with van der Waals surface area (Å²) >= 11 is 0. The first-order chi connectivity index (χ1) is 9.70. The molecule has 1 aromatic carbocycles. The molecule has 110 valence electrons. The molecule has 1 saturated heterocycles. The summed E-state index contributed by atoms with van der Waals surface area (Å²) in [5.41, 5.74) is 6.20. The van der Waals surface area contributed by atoms with Crippen LogP contribution in [0.1, 0.15) is 31.2 Å². The minimum Gasteiger partial charge on any atom is -0.494 e. The number of oxime groups is 1. The Hall–Kier alpha value is -1.75. The molecule has 5 nitrogen and oxygen atoms in total. The summed E-state index contributed by atoms with van der Waals surface area (Å²) in [6.07, 6.45) is 4.95. The lowest BCUT2D eigenvalue weighted by atomic mass is 10.0. The van der Waals surface area contributed by atoms with Crippen molar-refractivity contribution in [1.82, 2.24) is 4.90 Å². The Morgan fingerprint density at radius 2 is 2.15 bits per heavy atom. The van der Waals surface area contributed by atoms with Gasteiger partial charge < -0.3 is 20.6 Å². The van der Waals surface area contributed by atoms with Crippen LogP contribution in [0.3, 0.4) is 0 Å². The van der Waals surface area contributed by atoms with Gasteiger partial charge in [0.1, 0.15) is 5.75 Å². The van der Waals surface area contributed by atoms with Gasteiger partial charge in [-0.25, -0.2) is 0 Å². The quantitative estimate of drug-likeness (QED) is 0.374. The second kappa shape index (κ2) is 7.14. The second-order valence-electron chi connectivity index (χ2n) is 5.28. The molecule has 1 aromatic rings. The molecule has 1 atom stereocenters. The van der Waals surface area contributed by atoms with Gasteiger partial charge in [0.25, 0.3) is 0 Å². The third kappa shape index (κ3) is 3.87. The average molecular weight is 277 g/mol. The lowest BCUT2D eigenvalue weighted by Crippen LogP contribution is -2.37. The fraction of sp³-hybridized carbons (Fsp3) is 0.533. The minimum absolute atomic E-state index is 0.111. The van der Waals surface area contributed by atoms with E-state index in [9.17, 15) is 0 Å². The predicted molar refractivity (Wildman–Crippen MR) is 79.3 cm³/mol. The number of hydrogen-bond donors (Lipinski definition) is 2. The molecule has 5 heteroatoms. The van der Waals surface area contributed by atoms with Gasteiger partial charge in [-0.1, -0.05) is 11.6 Å². The molecule has 0 amide bonds. The first kappa shape index (κ1) is 14.7. The fourth-order valence-corrected chi connectivity index (χ4v) is 2.60. The van der Waals surface area contributed by atoms with Crippen molar-refractivity contribution >= 4 is 5.84 Å². The Bertz CT molecular complexity index is 445. The van der Waals surface area contributed by atoms with Crippen molar-refractivity contribution in [3.05, 3.63) is 29.8 Å². The molecule has 1 aliphatic heterocycles. The number of benzene rings is 1. The summed E-state index contributed by atoms with van der Waals surface area (Å²) < 4.78 is 5.76. The van der Waals surface area contributed by atoms with Crippen LogP contribution in [-0.4, -0.2) is 42.2 Å². The number of piperidine rings is 1. The lowest BCUT2D eigenvalue weighted by Gasteiger charge is -2.32. The van der Waals surface area contributed by atoms with Crippen molar-refractivity contribution in [2.24, 2.45) is 10.9 Å². The van der Waals surface area contributed by atoms with Gasteiger partial charge in [0.05, 0.1) is 6.61 Å². The van der Waals surface area contributed by atoms with E-state index in [0.29, 0.717) is 11.6 Å². The van der Waals surface area contributed by atoms with Crippen LogP contribution in [0.25, 0.3) is 0 Å². The number of ether oxygens (including phenoxy) is 1. The topological polar surface area (TPSA) is 71.1 Å². The van der Waals surface area contributed by atoms with Crippen LogP contribution in [-0.2, 0) is 0 Å². The number of likely N-dealkylation sites (tertiary alicyclic amines) is 1. The van der Waals surface area contributed by atoms with Gasteiger partial charge in [0, 0.05) is 11.6 Å². The summed E-state index contributed by atoms with van der Waals surface area (Å²) in [4.78, 5) is 2.42. The van der Waals surface area contributed by atoms with Crippen molar-refractivity contribution in [3.63, 3.8) is 0 Å². The van der Waals surface area contributed by atoms with E-state index in [1.54, 1.807) is 12.1 Å². The summed E-state index contributed by atoms with van der Waals surface area (Å²) in [6, 6.07) is 7.91. The van der Waals surface area contributed by atoms with Crippen molar-refractivity contribution in [2.75, 3.05) is 20.2 Å². The Morgan fingerprint density at radius 3 is 2.80 bits per heavy atom. The van der Waals surface area contributed by atoms with E-state index in [2.05, 4.69) is 17.1 Å². The largest absolute Gasteiger partial charge is 0.494 e. The Kier molecular flexibility index (Phi) is 5.24. The molecule has 1 aliphatic rings. The Morgan fingerprint density at radius 1 is 1.40 bits per heavy atom. The van der Waals surface area contributed by atoms with Gasteiger partial charge in [-0.15, -0.1) is 0 Å². The summed E-state index contributed by atoms with van der Waals surface area (Å²) in [5, 5.41) is 11.6. The highest BCUT2D eigenvalue weighted by Gasteiger charge is 2.18. The molecule has 0 radical (unpaired) electrons. The predicted octanol–water partition coefficient (Wildman–Crippen LogP) is 2.03. The molecule has 0 bridgehead atoms. The van der Waals surface area contributed by atoms with Gasteiger partial charge in [-0.3, -0.25) is 0 Å². The molecular formula is C15H23N3O2. The highest BCUT2D eigenvalue weighted by molar-refractivity contribution is 5.97. The molecule has 2 rings (SSSR count). The van der Waals surface area contributed by atoms with E-state index >= 15 is 0 Å². The molecule has 0 aliphatic carbocycles. The number of amidine groups is 1. The summed E-state index contributed by atoms with van der Waals surface area (Å²) in [6.45, 7) is 1.91. The van der Waals surface area contributed by atoms with Gasteiger partial charge in [-0.05, 0) is 57.1 Å². The number of nitrogens with two attached hydrogens (primary N) is 1. The molecule has 1 unspecified atom stereocenters. The third-order valence-corrected chi connectivity index (χ3v) is 3.90. The molecular weight excluding hydrogens is 254 g/mol. The van der Waals surface area contributed by atoms with E-state index < -0.39 is 0 Å². The minimum atomic E-state index is 0.111. The van der Waals surface area contributed by atoms with Crippen LogP contribution in [0, 0.1) is 0 Å². The zero-order valence-corrected chi connectivity index (χ0v) is 12.0. The van der Waals surface area contributed by atoms with Gasteiger partial charge in [0.15, 0.2) is 5.84 Å². The first-order valence-corrected chi connectivity index (χ1v) is 7.11. The van der Waals surface area contributed by atoms with Gasteiger partial charge in [0.2, 0.25) is 0 Å². The highest BCUT2D eigenvalue weighted by atomic mass is 16.5. The lowest BCUT2D eigenvalue weighted by molar-refractivity contribution is 0.153. The maximum Gasteiger partial charge on any atom is 0.170 e. The third-order valence-electron chi connectivity index (χ3n) is 3.90. The molecule has 0 saturated carbocycles. The molecule has 1 heterocycles. The standard InChI is InChI=1S/C15H23N3O2/c1-18-10-3-2-4-13(18)9-11-20-14-7-5-12(6-8-14)15(16)17-19/h5-8,13,19H,2-4,9-11H2,1H3,(H2,16,17). The normalized spacial score (nSPS) is 20.9. The number of hydrogen-bond acceptors (Lipinski definition) is 4. The van der Waals surface area contributed by atoms with E-state index in [1.165, 1.54) is 25.8 Å². The molecule has 20 heavy (non-hydrogen) atoms. The monoisotopic (exact) mass is 277 g/mol. The van der Waals surface area contributed by atoms with E-state index in [0.717, 1.165) is 18.8 Å². The SMILES string of the molecule is CN1CCCCC1CCOc1ccc(/C(N)=N/O)cc1. The smallest absolute Gasteiger partial charge is 0.170 e. The fourth-order valence-electron chi connectivity index (χ4n) is 2.60. The van der Waals surface area contributed by atoms with E-state index in [4.69, 9.17) is 15.7 Å². The van der Waals surface area contributed by atoms with Crippen LogP contribution in [0.2, 0.25) is 0 Å². The van der Waals surface area contributed by atoms with Crippen LogP contribution in [0.4, 0.5) is 0 Å². The Balaban J connectivity index is 1.79. The van der Waals surface area contributed by atoms with Crippen molar-refractivity contribution < 1.29 is 9.94 Å². The van der Waals surface area contributed by atoms with Crippen LogP contribution < -0.4 is 10.5 Å². The summed E-state index contributed by atoms with van der Waals surface area (Å²) in [5.74, 6) is 0.929. The van der Waals surface area contributed by atoms with Crippen LogP contribution in [0.15, 0.2) is 29.4 Å². The number of rotatable bonds is 5. The molecule has 0 spiro atoms. The average Bonchev–Trinajstić information content (AvgIpc) is 2.49. The first-order valence-electron chi connectivity index (χ1n) is 7.11. The molecule has 0 aromatic heterocycles. The highest BCUT2D eigenvalue weighted by Crippen LogP contribution is 2.19. The molecule has 3 N–H and O–H groups in total. The van der Waals surface area contributed by atoms with Gasteiger partial charge >= 0.3 is 0 Å². The van der Waals surface area contributed by atoms with Crippen LogP contribution in [0.5, 0.6) is 5.75 Å². The van der Waals surface area contributed by atoms with E-state index in [-0.39, 0.29) is 5.84 Å². The van der Waals surface area contributed by atoms with Gasteiger partial charge in [-0.2, -0.15) is 0 Å². The van der Waals surface area contributed by atoms with Crippen molar-refractivity contribution in [3.8, 4) is 5.75 Å². The van der Waals surface area contributed by atoms with Crippen molar-refractivity contribution in [1.29, 1.82) is 0 Å². The number of nitrogens with zero attached hydrogens (tertiary/aromatic N) is 2. The maximum absolute atomic E-state index is 8.60. The second-order valence-corrected chi connectivity index (χ2v) is 5.28. The van der Waals surface area contributed by atoms with Crippen molar-refractivity contribution in [2.45, 2.75) is 31.7 Å². The zero-order chi connectivity index (χ0) is 14.4. The van der Waals surface area contributed by atoms with Crippen LogP contribution >= 0.6 is 0 Å². The zero-order valence-electron chi connectivity index (χ0n) is 12.0. The van der Waals surface area contributed by atoms with E-state index in [1.807, 2.05) is 12.1 Å². The molecule has 1 fully saturated rings. The summed E-state index contributed by atoms with van der Waals surface area (Å²) in [7, 11) is 2.19. The Labute approximate surface area is 120 Å².